The predicted octanol–water partition coefficient (Wildman–Crippen LogP) is 2.95. The van der Waals surface area contributed by atoms with E-state index in [4.69, 9.17) is 13.9 Å². The molecule has 6 nitrogen and oxygen atoms in total. The second-order valence-corrected chi connectivity index (χ2v) is 5.79. The molecule has 1 N–H and O–H groups in total. The second-order valence-electron chi connectivity index (χ2n) is 5.79. The number of phenolic OH excluding ortho intramolecular Hbond substituents is 1. The van der Waals surface area contributed by atoms with Crippen molar-refractivity contribution in [2.75, 3.05) is 7.11 Å². The van der Waals surface area contributed by atoms with Crippen molar-refractivity contribution in [1.82, 2.24) is 0 Å². The molecule has 2 aromatic carbocycles. The highest BCUT2D eigenvalue weighted by Gasteiger charge is 2.34. The van der Waals surface area contributed by atoms with Crippen molar-refractivity contribution < 1.29 is 23.8 Å². The lowest BCUT2D eigenvalue weighted by atomic mass is 9.86. The summed E-state index contributed by atoms with van der Waals surface area (Å²) in [5, 5.41) is 10.3. The Kier molecular flexibility index (Phi) is 3.46. The van der Waals surface area contributed by atoms with Crippen LogP contribution in [0.3, 0.4) is 0 Å². The molecule has 25 heavy (non-hydrogen) atoms. The Morgan fingerprint density at radius 2 is 1.96 bits per heavy atom. The molecule has 1 aliphatic rings. The molecule has 0 fully saturated rings. The van der Waals surface area contributed by atoms with E-state index in [-0.39, 0.29) is 23.7 Å². The number of hydrogen-bond donors (Lipinski definition) is 1. The van der Waals surface area contributed by atoms with Crippen LogP contribution in [-0.2, 0) is 4.79 Å². The molecule has 1 atom stereocenters. The van der Waals surface area contributed by atoms with E-state index in [1.165, 1.54) is 13.2 Å². The zero-order valence-electron chi connectivity index (χ0n) is 13.3. The molecular formula is C19H14O6. The van der Waals surface area contributed by atoms with Gasteiger partial charge in [0.05, 0.1) is 24.5 Å². The van der Waals surface area contributed by atoms with E-state index in [0.29, 0.717) is 22.1 Å². The number of carbonyl (C=O) groups is 1. The van der Waals surface area contributed by atoms with Crippen molar-refractivity contribution in [3.8, 4) is 17.2 Å². The van der Waals surface area contributed by atoms with Gasteiger partial charge in [-0.15, -0.1) is 0 Å². The van der Waals surface area contributed by atoms with Gasteiger partial charge in [0.1, 0.15) is 5.58 Å². The lowest BCUT2D eigenvalue weighted by Gasteiger charge is -2.24. The van der Waals surface area contributed by atoms with Gasteiger partial charge in [-0.1, -0.05) is 18.2 Å². The number of benzene rings is 2. The van der Waals surface area contributed by atoms with E-state index < -0.39 is 17.5 Å². The summed E-state index contributed by atoms with van der Waals surface area (Å²) in [6.07, 6.45) is 0.00400. The third-order valence-electron chi connectivity index (χ3n) is 4.34. The van der Waals surface area contributed by atoms with Crippen molar-refractivity contribution in [2.45, 2.75) is 12.3 Å². The molecule has 1 aromatic heterocycles. The summed E-state index contributed by atoms with van der Waals surface area (Å²) in [5.41, 5.74) is 0.780. The highest BCUT2D eigenvalue weighted by Crippen LogP contribution is 2.42. The van der Waals surface area contributed by atoms with Crippen LogP contribution in [0.1, 0.15) is 23.5 Å². The molecule has 1 aliphatic heterocycles. The minimum atomic E-state index is -0.543. The van der Waals surface area contributed by atoms with Crippen LogP contribution in [0, 0.1) is 0 Å². The summed E-state index contributed by atoms with van der Waals surface area (Å²) in [7, 11) is 1.43. The van der Waals surface area contributed by atoms with Gasteiger partial charge >= 0.3 is 11.6 Å². The molecule has 4 rings (SSSR count). The molecule has 6 heteroatoms. The number of para-hydroxylation sites is 1. The maximum absolute atomic E-state index is 12.6. The van der Waals surface area contributed by atoms with Gasteiger partial charge in [0.2, 0.25) is 0 Å². The zero-order chi connectivity index (χ0) is 17.6. The lowest BCUT2D eigenvalue weighted by molar-refractivity contribution is -0.135. The van der Waals surface area contributed by atoms with Gasteiger partial charge in [-0.3, -0.25) is 4.79 Å². The number of esters is 1. The van der Waals surface area contributed by atoms with Crippen LogP contribution in [0.5, 0.6) is 17.2 Å². The SMILES string of the molecule is COc1cc(C2CC(=O)Oc3c2c(=O)oc2ccccc32)ccc1O. The average molecular weight is 338 g/mol. The molecule has 0 saturated carbocycles. The Balaban J connectivity index is 1.97. The minimum Gasteiger partial charge on any atom is -0.504 e. The fraction of sp³-hybridized carbons (Fsp3) is 0.158. The van der Waals surface area contributed by atoms with E-state index in [0.717, 1.165) is 0 Å². The smallest absolute Gasteiger partial charge is 0.343 e. The van der Waals surface area contributed by atoms with Crippen molar-refractivity contribution in [2.24, 2.45) is 0 Å². The van der Waals surface area contributed by atoms with Gasteiger partial charge in [0, 0.05) is 5.92 Å². The molecule has 2 heterocycles. The van der Waals surface area contributed by atoms with E-state index >= 15 is 0 Å². The van der Waals surface area contributed by atoms with Crippen LogP contribution in [0.25, 0.3) is 11.0 Å². The van der Waals surface area contributed by atoms with E-state index in [1.807, 2.05) is 0 Å². The normalized spacial score (nSPS) is 16.4. The Morgan fingerprint density at radius 3 is 2.76 bits per heavy atom. The van der Waals surface area contributed by atoms with E-state index in [1.54, 1.807) is 36.4 Å². The van der Waals surface area contributed by atoms with Crippen LogP contribution in [-0.4, -0.2) is 18.2 Å². The highest BCUT2D eigenvalue weighted by atomic mass is 16.5. The number of aromatic hydroxyl groups is 1. The molecule has 1 unspecified atom stereocenters. The molecule has 0 aliphatic carbocycles. The van der Waals surface area contributed by atoms with E-state index in [2.05, 4.69) is 0 Å². The third-order valence-corrected chi connectivity index (χ3v) is 4.34. The summed E-state index contributed by atoms with van der Waals surface area (Å²) in [5.74, 6) is -0.481. The van der Waals surface area contributed by atoms with Gasteiger partial charge in [-0.25, -0.2) is 4.79 Å². The second kappa shape index (κ2) is 5.66. The maximum Gasteiger partial charge on any atom is 0.343 e. The topological polar surface area (TPSA) is 86.0 Å². The third kappa shape index (κ3) is 2.42. The first-order valence-corrected chi connectivity index (χ1v) is 7.72. The monoisotopic (exact) mass is 338 g/mol. The molecule has 0 spiro atoms. The molecule has 3 aromatic rings. The minimum absolute atomic E-state index is 0.00400. The number of carbonyl (C=O) groups excluding carboxylic acids is 1. The molecule has 0 saturated heterocycles. The lowest BCUT2D eigenvalue weighted by Crippen LogP contribution is -2.26. The Hall–Kier alpha value is -3.28. The standard InChI is InChI=1S/C19H14O6/c1-23-15-8-10(6-7-13(15)20)12-9-16(21)25-18-11-4-2-3-5-14(11)24-19(22)17(12)18/h2-8,12,20H,9H2,1H3. The van der Waals surface area contributed by atoms with Crippen LogP contribution >= 0.6 is 0 Å². The van der Waals surface area contributed by atoms with Crippen molar-refractivity contribution in [3.05, 3.63) is 64.0 Å². The van der Waals surface area contributed by atoms with Gasteiger partial charge in [-0.2, -0.15) is 0 Å². The predicted molar refractivity (Wildman–Crippen MR) is 89.2 cm³/mol. The molecule has 0 radical (unpaired) electrons. The fourth-order valence-electron chi connectivity index (χ4n) is 3.17. The van der Waals surface area contributed by atoms with Crippen molar-refractivity contribution in [1.29, 1.82) is 0 Å². The Bertz CT molecular complexity index is 1050. The Morgan fingerprint density at radius 1 is 1.16 bits per heavy atom. The molecule has 0 bridgehead atoms. The number of hydrogen-bond acceptors (Lipinski definition) is 6. The summed E-state index contributed by atoms with van der Waals surface area (Å²) >= 11 is 0. The van der Waals surface area contributed by atoms with Crippen LogP contribution in [0.4, 0.5) is 0 Å². The molecular weight excluding hydrogens is 324 g/mol. The van der Waals surface area contributed by atoms with Crippen LogP contribution in [0.15, 0.2) is 51.7 Å². The average Bonchev–Trinajstić information content (AvgIpc) is 2.61. The van der Waals surface area contributed by atoms with Gasteiger partial charge < -0.3 is 19.0 Å². The van der Waals surface area contributed by atoms with Crippen LogP contribution in [0.2, 0.25) is 0 Å². The highest BCUT2D eigenvalue weighted by molar-refractivity contribution is 5.90. The summed E-state index contributed by atoms with van der Waals surface area (Å²) in [4.78, 5) is 24.7. The number of phenols is 1. The first kappa shape index (κ1) is 15.3. The molecule has 126 valence electrons. The Labute approximate surface area is 142 Å². The van der Waals surface area contributed by atoms with Gasteiger partial charge in [0.25, 0.3) is 0 Å². The molecule has 0 amide bonds. The number of fused-ring (bicyclic) bond motifs is 3. The summed E-state index contributed by atoms with van der Waals surface area (Å²) in [6, 6.07) is 11.6. The first-order chi connectivity index (χ1) is 12.1. The zero-order valence-corrected chi connectivity index (χ0v) is 13.3. The van der Waals surface area contributed by atoms with E-state index in [9.17, 15) is 14.7 Å². The number of rotatable bonds is 2. The van der Waals surface area contributed by atoms with Gasteiger partial charge in [-0.05, 0) is 29.8 Å². The first-order valence-electron chi connectivity index (χ1n) is 7.72. The number of ether oxygens (including phenoxy) is 2. The van der Waals surface area contributed by atoms with Gasteiger partial charge in [0.15, 0.2) is 17.2 Å². The quantitative estimate of drug-likeness (QED) is 0.571. The van der Waals surface area contributed by atoms with Crippen molar-refractivity contribution in [3.63, 3.8) is 0 Å². The summed E-state index contributed by atoms with van der Waals surface area (Å²) < 4.78 is 15.9. The summed E-state index contributed by atoms with van der Waals surface area (Å²) in [6.45, 7) is 0. The largest absolute Gasteiger partial charge is 0.504 e. The van der Waals surface area contributed by atoms with Crippen LogP contribution < -0.4 is 15.1 Å². The fourth-order valence-corrected chi connectivity index (χ4v) is 3.17. The number of methoxy groups -OCH3 is 1. The maximum atomic E-state index is 12.6. The van der Waals surface area contributed by atoms with Crippen molar-refractivity contribution >= 4 is 16.9 Å².